The number of nitrogens with zero attached hydrogens (tertiary/aromatic N) is 2. The molecule has 2 unspecified atom stereocenters. The van der Waals surface area contributed by atoms with Gasteiger partial charge in [-0.2, -0.15) is 13.5 Å². The number of halogens is 1. The lowest BCUT2D eigenvalue weighted by atomic mass is 10.1. The summed E-state index contributed by atoms with van der Waals surface area (Å²) >= 11 is 0. The number of rotatable bonds is 4. The summed E-state index contributed by atoms with van der Waals surface area (Å²) < 4.78 is 34.6. The number of H-pyrrole nitrogens is 1. The highest BCUT2D eigenvalue weighted by molar-refractivity contribution is 7.87. The van der Waals surface area contributed by atoms with Crippen molar-refractivity contribution >= 4 is 21.9 Å². The van der Waals surface area contributed by atoms with E-state index < -0.39 is 21.4 Å². The third-order valence-corrected chi connectivity index (χ3v) is 4.60. The van der Waals surface area contributed by atoms with Crippen molar-refractivity contribution in [1.82, 2.24) is 10.2 Å². The van der Waals surface area contributed by atoms with E-state index in [2.05, 4.69) is 10.2 Å². The summed E-state index contributed by atoms with van der Waals surface area (Å²) in [5.41, 5.74) is 0.872. The minimum Gasteiger partial charge on any atom is -0.294 e. The summed E-state index contributed by atoms with van der Waals surface area (Å²) in [7, 11) is -4.69. The molecule has 19 heavy (non-hydrogen) atoms. The number of aromatic amines is 1. The normalized spacial score (nSPS) is 21.9. The van der Waals surface area contributed by atoms with Crippen LogP contribution in [0, 0.1) is 0 Å². The molecule has 2 atom stereocenters. The smallest absolute Gasteiger partial charge is 0.294 e. The highest BCUT2D eigenvalue weighted by atomic mass is 32.3. The van der Waals surface area contributed by atoms with Gasteiger partial charge in [-0.3, -0.25) is 14.8 Å². The van der Waals surface area contributed by atoms with Crippen LogP contribution in [0.15, 0.2) is 6.07 Å². The predicted molar refractivity (Wildman–Crippen MR) is 68.1 cm³/mol. The summed E-state index contributed by atoms with van der Waals surface area (Å²) in [5, 5.41) is 5.53. The molecule has 0 aliphatic carbocycles. The Kier molecular flexibility index (Phi) is 3.62. The van der Waals surface area contributed by atoms with Gasteiger partial charge in [0.1, 0.15) is 5.25 Å². The molecule has 2 heterocycles. The number of hydrogen-bond acceptors (Lipinski definition) is 4. The second-order valence-corrected chi connectivity index (χ2v) is 6.41. The lowest BCUT2D eigenvalue weighted by Gasteiger charge is -2.11. The van der Waals surface area contributed by atoms with Crippen LogP contribution in [0.2, 0.25) is 0 Å². The average Bonchev–Trinajstić information content (AvgIpc) is 2.93. The molecule has 0 spiro atoms. The first-order valence-electron chi connectivity index (χ1n) is 6.12. The van der Waals surface area contributed by atoms with E-state index in [-0.39, 0.29) is 18.9 Å². The fraction of sp³-hybridized carbons (Fsp3) is 0.636. The van der Waals surface area contributed by atoms with E-state index in [9.17, 15) is 17.1 Å². The standard InChI is InChI=1S/C11H16FN3O3S/c1-3-7(2)9-5-10(14-13-9)15-6-8(4-11(15)16)19(12,17)18/h5,7-8H,3-4,6H2,1-2H3,(H,13,14). The van der Waals surface area contributed by atoms with Crippen molar-refractivity contribution in [3.05, 3.63) is 11.8 Å². The van der Waals surface area contributed by atoms with E-state index in [0.29, 0.717) is 5.82 Å². The van der Waals surface area contributed by atoms with Crippen LogP contribution in [0.5, 0.6) is 0 Å². The van der Waals surface area contributed by atoms with Gasteiger partial charge in [-0.1, -0.05) is 13.8 Å². The Morgan fingerprint density at radius 3 is 2.84 bits per heavy atom. The summed E-state index contributed by atoms with van der Waals surface area (Å²) in [6, 6.07) is 1.71. The lowest BCUT2D eigenvalue weighted by Crippen LogP contribution is -2.27. The molecule has 8 heteroatoms. The number of anilines is 1. The van der Waals surface area contributed by atoms with Gasteiger partial charge in [0.15, 0.2) is 5.82 Å². The molecule has 1 aliphatic heterocycles. The lowest BCUT2D eigenvalue weighted by molar-refractivity contribution is -0.117. The second kappa shape index (κ2) is 4.92. The van der Waals surface area contributed by atoms with Gasteiger partial charge in [-0.25, -0.2) is 0 Å². The van der Waals surface area contributed by atoms with Gasteiger partial charge in [-0.15, -0.1) is 3.89 Å². The van der Waals surface area contributed by atoms with E-state index in [1.807, 2.05) is 13.8 Å². The van der Waals surface area contributed by atoms with Gasteiger partial charge < -0.3 is 0 Å². The summed E-state index contributed by atoms with van der Waals surface area (Å²) in [6.45, 7) is 3.86. The maximum absolute atomic E-state index is 12.9. The highest BCUT2D eigenvalue weighted by Gasteiger charge is 2.39. The summed E-state index contributed by atoms with van der Waals surface area (Å²) in [6.07, 6.45) is 0.585. The first-order valence-corrected chi connectivity index (χ1v) is 7.56. The molecule has 1 fully saturated rings. The molecule has 1 aromatic rings. The van der Waals surface area contributed by atoms with E-state index in [0.717, 1.165) is 12.1 Å². The number of carbonyl (C=O) groups is 1. The largest absolute Gasteiger partial charge is 0.307 e. The topological polar surface area (TPSA) is 83.1 Å². The van der Waals surface area contributed by atoms with Crippen molar-refractivity contribution < 1.29 is 17.1 Å². The molecule has 1 N–H and O–H groups in total. The van der Waals surface area contributed by atoms with Crippen molar-refractivity contribution in [2.24, 2.45) is 0 Å². The Bertz CT molecular complexity index is 584. The van der Waals surface area contributed by atoms with Crippen LogP contribution in [0.25, 0.3) is 0 Å². The Labute approximate surface area is 111 Å². The Morgan fingerprint density at radius 2 is 2.32 bits per heavy atom. The van der Waals surface area contributed by atoms with E-state index in [1.54, 1.807) is 6.07 Å². The zero-order chi connectivity index (χ0) is 14.2. The van der Waals surface area contributed by atoms with Crippen LogP contribution < -0.4 is 4.90 Å². The van der Waals surface area contributed by atoms with E-state index in [1.165, 1.54) is 4.90 Å². The van der Waals surface area contributed by atoms with Crippen LogP contribution in [-0.2, 0) is 15.0 Å². The fourth-order valence-corrected chi connectivity index (χ4v) is 2.69. The molecule has 106 valence electrons. The van der Waals surface area contributed by atoms with Gasteiger partial charge in [0.05, 0.1) is 0 Å². The highest BCUT2D eigenvalue weighted by Crippen LogP contribution is 2.27. The zero-order valence-electron chi connectivity index (χ0n) is 10.8. The Morgan fingerprint density at radius 1 is 1.63 bits per heavy atom. The molecule has 0 saturated carbocycles. The maximum Gasteiger partial charge on any atom is 0.307 e. The average molecular weight is 289 g/mol. The van der Waals surface area contributed by atoms with Crippen molar-refractivity contribution in [1.29, 1.82) is 0 Å². The first kappa shape index (κ1) is 14.0. The molecule has 2 rings (SSSR count). The SMILES string of the molecule is CCC(C)c1cc(N2CC(S(=O)(=O)F)CC2=O)n[nH]1. The molecule has 1 aliphatic rings. The van der Waals surface area contributed by atoms with E-state index in [4.69, 9.17) is 0 Å². The van der Waals surface area contributed by atoms with Gasteiger partial charge in [-0.05, 0) is 12.3 Å². The molecule has 1 aromatic heterocycles. The molecule has 0 radical (unpaired) electrons. The van der Waals surface area contributed by atoms with Crippen LogP contribution in [0.4, 0.5) is 9.70 Å². The number of amides is 1. The molecular weight excluding hydrogens is 273 g/mol. The number of hydrogen-bond donors (Lipinski definition) is 1. The summed E-state index contributed by atoms with van der Waals surface area (Å²) in [4.78, 5) is 12.9. The first-order chi connectivity index (χ1) is 8.82. The molecule has 0 aromatic carbocycles. The van der Waals surface area contributed by atoms with Gasteiger partial charge in [0, 0.05) is 24.7 Å². The molecular formula is C11H16FN3O3S. The zero-order valence-corrected chi connectivity index (χ0v) is 11.6. The fourth-order valence-electron chi connectivity index (χ4n) is 2.02. The third kappa shape index (κ3) is 2.78. The van der Waals surface area contributed by atoms with Gasteiger partial charge in [0.2, 0.25) is 5.91 Å². The number of nitrogens with one attached hydrogen (secondary N) is 1. The quantitative estimate of drug-likeness (QED) is 0.848. The summed E-state index contributed by atoms with van der Waals surface area (Å²) in [5.74, 6) is 0.194. The van der Waals surface area contributed by atoms with Crippen LogP contribution in [0.1, 0.15) is 38.3 Å². The molecule has 1 amide bonds. The Hall–Kier alpha value is -1.44. The van der Waals surface area contributed by atoms with Crippen LogP contribution in [0.3, 0.4) is 0 Å². The van der Waals surface area contributed by atoms with Crippen molar-refractivity contribution in [3.63, 3.8) is 0 Å². The second-order valence-electron chi connectivity index (χ2n) is 4.80. The predicted octanol–water partition coefficient (Wildman–Crippen LogP) is 1.33. The molecule has 6 nitrogen and oxygen atoms in total. The van der Waals surface area contributed by atoms with Crippen molar-refractivity contribution in [2.75, 3.05) is 11.4 Å². The maximum atomic E-state index is 12.9. The van der Waals surface area contributed by atoms with Crippen LogP contribution >= 0.6 is 0 Å². The number of aromatic nitrogens is 2. The molecule has 0 bridgehead atoms. The van der Waals surface area contributed by atoms with Crippen LogP contribution in [-0.4, -0.2) is 36.3 Å². The minimum atomic E-state index is -4.69. The Balaban J connectivity index is 2.19. The van der Waals surface area contributed by atoms with E-state index >= 15 is 0 Å². The molecule has 1 saturated heterocycles. The van der Waals surface area contributed by atoms with Gasteiger partial charge >= 0.3 is 10.2 Å². The third-order valence-electron chi connectivity index (χ3n) is 3.49. The monoisotopic (exact) mass is 289 g/mol. The minimum absolute atomic E-state index is 0.178. The number of carbonyl (C=O) groups excluding carboxylic acids is 1. The van der Waals surface area contributed by atoms with Gasteiger partial charge in [0.25, 0.3) is 0 Å². The van der Waals surface area contributed by atoms with Crippen molar-refractivity contribution in [2.45, 2.75) is 37.9 Å². The van der Waals surface area contributed by atoms with Crippen molar-refractivity contribution in [3.8, 4) is 0 Å².